The van der Waals surface area contributed by atoms with E-state index in [9.17, 15) is 9.59 Å². The molecule has 20 heavy (non-hydrogen) atoms. The van der Waals surface area contributed by atoms with Gasteiger partial charge in [0.15, 0.2) is 0 Å². The third-order valence-corrected chi connectivity index (χ3v) is 2.74. The van der Waals surface area contributed by atoms with Gasteiger partial charge in [-0.05, 0) is 32.4 Å². The van der Waals surface area contributed by atoms with Crippen molar-refractivity contribution in [3.63, 3.8) is 0 Å². The minimum atomic E-state index is -0.194. The Morgan fingerprint density at radius 1 is 1.15 bits per heavy atom. The Bertz CT molecular complexity index is 472. The van der Waals surface area contributed by atoms with Crippen molar-refractivity contribution < 1.29 is 14.3 Å². The third-order valence-electron chi connectivity index (χ3n) is 2.74. The van der Waals surface area contributed by atoms with Crippen molar-refractivity contribution in [1.82, 2.24) is 10.6 Å². The number of likely N-dealkylation sites (N-methyl/N-ethyl adjacent to an activating group) is 1. The Labute approximate surface area is 119 Å². The highest BCUT2D eigenvalue weighted by Crippen LogP contribution is 2.18. The Morgan fingerprint density at radius 2 is 1.90 bits per heavy atom. The molecular weight excluding hydrogens is 256 g/mol. The molecule has 0 unspecified atom stereocenters. The molecule has 0 aliphatic rings. The van der Waals surface area contributed by atoms with Crippen LogP contribution in [-0.2, 0) is 9.59 Å². The second-order valence-electron chi connectivity index (χ2n) is 4.60. The molecule has 0 aromatic heterocycles. The maximum Gasteiger partial charge on any atom is 0.239 e. The van der Waals surface area contributed by atoms with E-state index in [4.69, 9.17) is 4.74 Å². The summed E-state index contributed by atoms with van der Waals surface area (Å²) in [5.41, 5.74) is 2.22. The fourth-order valence-electron chi connectivity index (χ4n) is 1.74. The molecule has 0 aliphatic heterocycles. The minimum absolute atomic E-state index is 0.0102. The van der Waals surface area contributed by atoms with Gasteiger partial charge in [0, 0.05) is 6.54 Å². The Kier molecular flexibility index (Phi) is 6.56. The molecular formula is C15H22N2O3. The van der Waals surface area contributed by atoms with Crippen LogP contribution in [0.3, 0.4) is 0 Å². The molecule has 0 atom stereocenters. The first-order valence-corrected chi connectivity index (χ1v) is 6.76. The Balaban J connectivity index is 2.26. The number of hydrogen-bond donors (Lipinski definition) is 2. The minimum Gasteiger partial charge on any atom is -0.493 e. The monoisotopic (exact) mass is 278 g/mol. The maximum absolute atomic E-state index is 11.5. The SMILES string of the molecule is CCNC(=O)CNC(=O)CCOc1ccc(C)cc1C. The number of nitrogens with one attached hydrogen (secondary N) is 2. The number of benzene rings is 1. The van der Waals surface area contributed by atoms with Crippen molar-refractivity contribution in [2.24, 2.45) is 0 Å². The van der Waals surface area contributed by atoms with E-state index in [0.717, 1.165) is 11.3 Å². The van der Waals surface area contributed by atoms with Gasteiger partial charge in [-0.25, -0.2) is 0 Å². The highest BCUT2D eigenvalue weighted by Gasteiger charge is 2.06. The molecule has 2 N–H and O–H groups in total. The molecule has 0 aliphatic carbocycles. The fraction of sp³-hybridized carbons (Fsp3) is 0.467. The van der Waals surface area contributed by atoms with Crippen LogP contribution in [0.4, 0.5) is 0 Å². The van der Waals surface area contributed by atoms with Gasteiger partial charge in [0.2, 0.25) is 11.8 Å². The van der Waals surface area contributed by atoms with Crippen LogP contribution < -0.4 is 15.4 Å². The lowest BCUT2D eigenvalue weighted by Gasteiger charge is -2.10. The first kappa shape index (κ1) is 16.0. The summed E-state index contributed by atoms with van der Waals surface area (Å²) >= 11 is 0. The molecule has 5 heteroatoms. The van der Waals surface area contributed by atoms with Crippen LogP contribution in [0.5, 0.6) is 5.75 Å². The normalized spacial score (nSPS) is 9.95. The van der Waals surface area contributed by atoms with Crippen LogP contribution >= 0.6 is 0 Å². The average Bonchev–Trinajstić information content (AvgIpc) is 2.39. The number of carbonyl (C=O) groups excluding carboxylic acids is 2. The first-order chi connectivity index (χ1) is 9.52. The summed E-state index contributed by atoms with van der Waals surface area (Å²) in [6.07, 6.45) is 0.229. The number of hydrogen-bond acceptors (Lipinski definition) is 3. The molecule has 1 aromatic rings. The van der Waals surface area contributed by atoms with Gasteiger partial charge >= 0.3 is 0 Å². The van der Waals surface area contributed by atoms with Crippen molar-refractivity contribution in [2.75, 3.05) is 19.7 Å². The molecule has 0 radical (unpaired) electrons. The first-order valence-electron chi connectivity index (χ1n) is 6.76. The second kappa shape index (κ2) is 8.19. The number of amides is 2. The third kappa shape index (κ3) is 5.73. The lowest BCUT2D eigenvalue weighted by molar-refractivity contribution is -0.126. The fourth-order valence-corrected chi connectivity index (χ4v) is 1.74. The molecule has 2 amide bonds. The maximum atomic E-state index is 11.5. The van der Waals surface area contributed by atoms with Crippen LogP contribution in [-0.4, -0.2) is 31.5 Å². The molecule has 0 heterocycles. The van der Waals surface area contributed by atoms with Gasteiger partial charge in [-0.3, -0.25) is 9.59 Å². The number of rotatable bonds is 7. The largest absolute Gasteiger partial charge is 0.493 e. The molecule has 110 valence electrons. The van der Waals surface area contributed by atoms with Crippen molar-refractivity contribution >= 4 is 11.8 Å². The Morgan fingerprint density at radius 3 is 2.55 bits per heavy atom. The van der Waals surface area contributed by atoms with E-state index in [1.165, 1.54) is 5.56 Å². The van der Waals surface area contributed by atoms with Crippen molar-refractivity contribution in [3.05, 3.63) is 29.3 Å². The zero-order valence-electron chi connectivity index (χ0n) is 12.3. The Hall–Kier alpha value is -2.04. The van der Waals surface area contributed by atoms with E-state index < -0.39 is 0 Å². The van der Waals surface area contributed by atoms with Gasteiger partial charge in [0.1, 0.15) is 5.75 Å². The summed E-state index contributed by atoms with van der Waals surface area (Å²) in [4.78, 5) is 22.7. The van der Waals surface area contributed by atoms with Crippen LogP contribution in [0, 0.1) is 13.8 Å². The molecule has 0 fully saturated rings. The predicted molar refractivity (Wildman–Crippen MR) is 77.7 cm³/mol. The summed E-state index contributed by atoms with van der Waals surface area (Å²) in [6, 6.07) is 5.90. The highest BCUT2D eigenvalue weighted by atomic mass is 16.5. The highest BCUT2D eigenvalue weighted by molar-refractivity contribution is 5.84. The topological polar surface area (TPSA) is 67.4 Å². The zero-order chi connectivity index (χ0) is 15.0. The molecule has 0 spiro atoms. The second-order valence-corrected chi connectivity index (χ2v) is 4.60. The predicted octanol–water partition coefficient (Wildman–Crippen LogP) is 1.32. The lowest BCUT2D eigenvalue weighted by Crippen LogP contribution is -2.37. The molecule has 1 aromatic carbocycles. The molecule has 0 saturated carbocycles. The van der Waals surface area contributed by atoms with Gasteiger partial charge in [-0.2, -0.15) is 0 Å². The molecule has 1 rings (SSSR count). The lowest BCUT2D eigenvalue weighted by atomic mass is 10.1. The summed E-state index contributed by atoms with van der Waals surface area (Å²) in [5.74, 6) is 0.407. The van der Waals surface area contributed by atoms with E-state index in [1.807, 2.05) is 39.0 Å². The van der Waals surface area contributed by atoms with Crippen LogP contribution in [0.2, 0.25) is 0 Å². The van der Waals surface area contributed by atoms with E-state index in [2.05, 4.69) is 10.6 Å². The van der Waals surface area contributed by atoms with Crippen LogP contribution in [0.25, 0.3) is 0 Å². The number of aryl methyl sites for hydroxylation is 2. The molecule has 5 nitrogen and oxygen atoms in total. The number of ether oxygens (including phenoxy) is 1. The van der Waals surface area contributed by atoms with Crippen LogP contribution in [0.15, 0.2) is 18.2 Å². The summed E-state index contributed by atoms with van der Waals surface area (Å²) in [7, 11) is 0. The zero-order valence-corrected chi connectivity index (χ0v) is 12.3. The van der Waals surface area contributed by atoms with Crippen molar-refractivity contribution in [1.29, 1.82) is 0 Å². The van der Waals surface area contributed by atoms with Gasteiger partial charge in [-0.1, -0.05) is 17.7 Å². The van der Waals surface area contributed by atoms with Gasteiger partial charge in [0.25, 0.3) is 0 Å². The van der Waals surface area contributed by atoms with Crippen molar-refractivity contribution in [2.45, 2.75) is 27.2 Å². The average molecular weight is 278 g/mol. The summed E-state index contributed by atoms with van der Waals surface area (Å²) in [5, 5.41) is 5.16. The summed E-state index contributed by atoms with van der Waals surface area (Å²) in [6.45, 7) is 6.69. The van der Waals surface area contributed by atoms with Gasteiger partial charge in [0.05, 0.1) is 19.6 Å². The standard InChI is InChI=1S/C15H22N2O3/c1-4-16-15(19)10-17-14(18)7-8-20-13-6-5-11(2)9-12(13)3/h5-6,9H,4,7-8,10H2,1-3H3,(H,16,19)(H,17,18). The van der Waals surface area contributed by atoms with Gasteiger partial charge in [-0.15, -0.1) is 0 Å². The van der Waals surface area contributed by atoms with Crippen LogP contribution in [0.1, 0.15) is 24.5 Å². The van der Waals surface area contributed by atoms with Crippen molar-refractivity contribution in [3.8, 4) is 5.75 Å². The quantitative estimate of drug-likeness (QED) is 0.790. The van der Waals surface area contributed by atoms with E-state index in [-0.39, 0.29) is 24.8 Å². The van der Waals surface area contributed by atoms with E-state index >= 15 is 0 Å². The smallest absolute Gasteiger partial charge is 0.239 e. The molecule has 0 bridgehead atoms. The van der Waals surface area contributed by atoms with E-state index in [1.54, 1.807) is 0 Å². The van der Waals surface area contributed by atoms with Gasteiger partial charge < -0.3 is 15.4 Å². The summed E-state index contributed by atoms with van der Waals surface area (Å²) < 4.78 is 5.56. The molecule has 0 saturated heterocycles. The number of carbonyl (C=O) groups is 2. The van der Waals surface area contributed by atoms with E-state index in [0.29, 0.717) is 13.2 Å².